The van der Waals surface area contributed by atoms with Crippen LogP contribution < -0.4 is 0 Å². The molecule has 1 aromatic carbocycles. The Kier molecular flexibility index (Phi) is 9.96. The fourth-order valence-electron chi connectivity index (χ4n) is 2.88. The van der Waals surface area contributed by atoms with E-state index >= 15 is 0 Å². The van der Waals surface area contributed by atoms with Gasteiger partial charge in [0.1, 0.15) is 0 Å². The van der Waals surface area contributed by atoms with Gasteiger partial charge in [-0.1, -0.05) is 19.9 Å². The van der Waals surface area contributed by atoms with Crippen LogP contribution in [0.25, 0.3) is 0 Å². The number of carbonyl (C=O) groups excluding carboxylic acids is 2. The molecule has 0 saturated carbocycles. The molecule has 26 heavy (non-hydrogen) atoms. The van der Waals surface area contributed by atoms with E-state index in [0.717, 1.165) is 38.0 Å². The van der Waals surface area contributed by atoms with Gasteiger partial charge in [-0.15, -0.1) is 0 Å². The predicted octanol–water partition coefficient (Wildman–Crippen LogP) is 3.43. The van der Waals surface area contributed by atoms with Crippen molar-refractivity contribution in [2.75, 3.05) is 39.8 Å². The maximum Gasteiger partial charge on any atom is 0.307 e. The van der Waals surface area contributed by atoms with Crippen molar-refractivity contribution in [3.8, 4) is 0 Å². The largest absolute Gasteiger partial charge is 0.469 e. The van der Waals surface area contributed by atoms with Crippen LogP contribution in [0.1, 0.15) is 54.6 Å². The molecular formula is C21H34N2O3. The smallest absolute Gasteiger partial charge is 0.307 e. The first-order valence-corrected chi connectivity index (χ1v) is 9.58. The highest BCUT2D eigenvalue weighted by atomic mass is 16.5. The molecule has 0 aliphatic heterocycles. The average Bonchev–Trinajstić information content (AvgIpc) is 2.65. The van der Waals surface area contributed by atoms with Gasteiger partial charge in [0.2, 0.25) is 0 Å². The van der Waals surface area contributed by atoms with Crippen molar-refractivity contribution in [2.24, 2.45) is 0 Å². The Bertz CT molecular complexity index is 583. The molecule has 1 aromatic rings. The van der Waals surface area contributed by atoms with Gasteiger partial charge in [0.25, 0.3) is 5.91 Å². The van der Waals surface area contributed by atoms with Crippen LogP contribution in [0.4, 0.5) is 0 Å². The molecule has 5 heteroatoms. The predicted molar refractivity (Wildman–Crippen MR) is 105 cm³/mol. The van der Waals surface area contributed by atoms with Gasteiger partial charge in [-0.3, -0.25) is 9.59 Å². The van der Waals surface area contributed by atoms with E-state index in [0.29, 0.717) is 18.7 Å². The number of carbonyl (C=O) groups is 2. The minimum absolute atomic E-state index is 0.0140. The Hall–Kier alpha value is -1.88. The molecule has 146 valence electrons. The standard InChI is InChI=1S/C21H34N2O3/c1-6-22(7-2)13-8-9-14-23(15-12-20(24)26-5)21(25)19-11-10-17(3)18(4)16-19/h10-11,16H,6-9,12-15H2,1-5H3. The molecule has 0 N–H and O–H groups in total. The summed E-state index contributed by atoms with van der Waals surface area (Å²) in [4.78, 5) is 28.6. The molecule has 5 nitrogen and oxygen atoms in total. The highest BCUT2D eigenvalue weighted by Crippen LogP contribution is 2.13. The van der Waals surface area contributed by atoms with E-state index < -0.39 is 0 Å². The Labute approximate surface area is 158 Å². The van der Waals surface area contributed by atoms with Gasteiger partial charge >= 0.3 is 5.97 Å². The van der Waals surface area contributed by atoms with Gasteiger partial charge in [-0.05, 0) is 69.6 Å². The molecule has 0 aromatic heterocycles. The number of hydrogen-bond acceptors (Lipinski definition) is 4. The molecule has 0 unspecified atom stereocenters. The lowest BCUT2D eigenvalue weighted by Gasteiger charge is -2.24. The summed E-state index contributed by atoms with van der Waals surface area (Å²) in [5.74, 6) is -0.300. The van der Waals surface area contributed by atoms with E-state index in [1.807, 2.05) is 32.0 Å². The van der Waals surface area contributed by atoms with Crippen molar-refractivity contribution in [1.29, 1.82) is 0 Å². The van der Waals surface area contributed by atoms with Crippen LogP contribution in [0, 0.1) is 13.8 Å². The Morgan fingerprint density at radius 3 is 2.19 bits per heavy atom. The summed E-state index contributed by atoms with van der Waals surface area (Å²) in [7, 11) is 1.38. The van der Waals surface area contributed by atoms with E-state index in [4.69, 9.17) is 4.74 Å². The Balaban J connectivity index is 2.71. The van der Waals surface area contributed by atoms with Crippen molar-refractivity contribution in [1.82, 2.24) is 9.80 Å². The van der Waals surface area contributed by atoms with Crippen LogP contribution in [0.15, 0.2) is 18.2 Å². The summed E-state index contributed by atoms with van der Waals surface area (Å²) in [6, 6.07) is 5.77. The second-order valence-corrected chi connectivity index (χ2v) is 6.65. The molecule has 0 radical (unpaired) electrons. The van der Waals surface area contributed by atoms with E-state index in [9.17, 15) is 9.59 Å². The van der Waals surface area contributed by atoms with Gasteiger partial charge in [0.05, 0.1) is 13.5 Å². The second-order valence-electron chi connectivity index (χ2n) is 6.65. The van der Waals surface area contributed by atoms with E-state index in [1.54, 1.807) is 4.90 Å². The monoisotopic (exact) mass is 362 g/mol. The molecule has 0 fully saturated rings. The molecule has 0 spiro atoms. The Morgan fingerprint density at radius 2 is 1.62 bits per heavy atom. The van der Waals surface area contributed by atoms with Crippen LogP contribution in [0.2, 0.25) is 0 Å². The third kappa shape index (κ3) is 7.16. The lowest BCUT2D eigenvalue weighted by molar-refractivity contribution is -0.140. The fraction of sp³-hybridized carbons (Fsp3) is 0.619. The number of benzene rings is 1. The molecule has 1 rings (SSSR count). The number of methoxy groups -OCH3 is 1. The van der Waals surface area contributed by atoms with Gasteiger partial charge < -0.3 is 14.5 Å². The Morgan fingerprint density at radius 1 is 0.962 bits per heavy atom. The number of unbranched alkanes of at least 4 members (excludes halogenated alkanes) is 1. The molecule has 0 saturated heterocycles. The van der Waals surface area contributed by atoms with Crippen molar-refractivity contribution in [3.05, 3.63) is 34.9 Å². The summed E-state index contributed by atoms with van der Waals surface area (Å²) in [6.45, 7) is 12.5. The third-order valence-corrected chi connectivity index (χ3v) is 4.90. The highest BCUT2D eigenvalue weighted by molar-refractivity contribution is 5.94. The summed E-state index contributed by atoms with van der Waals surface area (Å²) in [5.41, 5.74) is 2.95. The number of amides is 1. The number of hydrogen-bond donors (Lipinski definition) is 0. The topological polar surface area (TPSA) is 49.9 Å². The lowest BCUT2D eigenvalue weighted by atomic mass is 10.1. The van der Waals surface area contributed by atoms with Gasteiger partial charge in [0, 0.05) is 18.7 Å². The van der Waals surface area contributed by atoms with Crippen molar-refractivity contribution in [3.63, 3.8) is 0 Å². The third-order valence-electron chi connectivity index (χ3n) is 4.90. The van der Waals surface area contributed by atoms with E-state index in [2.05, 4.69) is 18.7 Å². The zero-order valence-electron chi connectivity index (χ0n) is 17.0. The van der Waals surface area contributed by atoms with Crippen LogP contribution in [0.3, 0.4) is 0 Å². The number of rotatable bonds is 11. The number of ether oxygens (including phenoxy) is 1. The molecule has 0 heterocycles. The normalized spacial score (nSPS) is 10.8. The molecule has 0 aliphatic rings. The minimum Gasteiger partial charge on any atom is -0.469 e. The molecule has 0 atom stereocenters. The first kappa shape index (κ1) is 22.2. The SMILES string of the molecule is CCN(CC)CCCCN(CCC(=O)OC)C(=O)c1ccc(C)c(C)c1. The maximum absolute atomic E-state index is 12.9. The van der Waals surface area contributed by atoms with Crippen molar-refractivity contribution < 1.29 is 14.3 Å². The average molecular weight is 363 g/mol. The first-order chi connectivity index (χ1) is 12.4. The number of esters is 1. The van der Waals surface area contributed by atoms with Crippen molar-refractivity contribution in [2.45, 2.75) is 47.0 Å². The second kappa shape index (κ2) is 11.7. The molecule has 1 amide bonds. The molecule has 0 bridgehead atoms. The highest BCUT2D eigenvalue weighted by Gasteiger charge is 2.17. The van der Waals surface area contributed by atoms with Crippen molar-refractivity contribution >= 4 is 11.9 Å². The van der Waals surface area contributed by atoms with Crippen LogP contribution >= 0.6 is 0 Å². The minimum atomic E-state index is -0.286. The summed E-state index contributed by atoms with van der Waals surface area (Å²) in [5, 5.41) is 0. The van der Waals surface area contributed by atoms with Crippen LogP contribution in [-0.2, 0) is 9.53 Å². The summed E-state index contributed by atoms with van der Waals surface area (Å²) < 4.78 is 4.72. The molecule has 0 aliphatic carbocycles. The zero-order chi connectivity index (χ0) is 19.5. The van der Waals surface area contributed by atoms with Gasteiger partial charge in [-0.2, -0.15) is 0 Å². The van der Waals surface area contributed by atoms with Crippen LogP contribution in [-0.4, -0.2) is 61.5 Å². The first-order valence-electron chi connectivity index (χ1n) is 9.58. The van der Waals surface area contributed by atoms with Gasteiger partial charge in [0.15, 0.2) is 0 Å². The zero-order valence-corrected chi connectivity index (χ0v) is 17.0. The quantitative estimate of drug-likeness (QED) is 0.447. The van der Waals surface area contributed by atoms with E-state index in [1.165, 1.54) is 12.7 Å². The maximum atomic E-state index is 12.9. The fourth-order valence-corrected chi connectivity index (χ4v) is 2.88. The lowest BCUT2D eigenvalue weighted by Crippen LogP contribution is -2.34. The van der Waals surface area contributed by atoms with Crippen LogP contribution in [0.5, 0.6) is 0 Å². The molecular weight excluding hydrogens is 328 g/mol. The number of nitrogens with zero attached hydrogens (tertiary/aromatic N) is 2. The van der Waals surface area contributed by atoms with E-state index in [-0.39, 0.29) is 18.3 Å². The van der Waals surface area contributed by atoms with Gasteiger partial charge in [-0.25, -0.2) is 0 Å². The summed E-state index contributed by atoms with van der Waals surface area (Å²) >= 11 is 0. The summed E-state index contributed by atoms with van der Waals surface area (Å²) in [6.07, 6.45) is 2.19. The number of aryl methyl sites for hydroxylation is 2.